The number of halogens is 3. The van der Waals surface area contributed by atoms with Crippen LogP contribution in [0.5, 0.6) is 0 Å². The van der Waals surface area contributed by atoms with Crippen molar-refractivity contribution in [3.05, 3.63) is 34.9 Å². The van der Waals surface area contributed by atoms with E-state index in [4.69, 9.17) is 5.26 Å². The standard InChI is InChI=1S/C10H8F3N/c1-7-3-2-4-8(5-6-14)9(7)10(11,12)13/h2-4H,5H2,1H3. The average molecular weight is 199 g/mol. The summed E-state index contributed by atoms with van der Waals surface area (Å²) in [4.78, 5) is 0. The Balaban J connectivity index is 3.31. The van der Waals surface area contributed by atoms with Gasteiger partial charge in [0.25, 0.3) is 0 Å². The van der Waals surface area contributed by atoms with Crippen LogP contribution < -0.4 is 0 Å². The van der Waals surface area contributed by atoms with Crippen LogP contribution in [0.1, 0.15) is 16.7 Å². The van der Waals surface area contributed by atoms with Crippen LogP contribution in [0.25, 0.3) is 0 Å². The molecule has 0 aliphatic heterocycles. The monoisotopic (exact) mass is 199 g/mol. The summed E-state index contributed by atoms with van der Waals surface area (Å²) in [6.45, 7) is 1.39. The summed E-state index contributed by atoms with van der Waals surface area (Å²) in [5.41, 5.74) is -0.480. The zero-order chi connectivity index (χ0) is 10.8. The van der Waals surface area contributed by atoms with Gasteiger partial charge in [-0.15, -0.1) is 0 Å². The van der Waals surface area contributed by atoms with Crippen LogP contribution in [-0.2, 0) is 12.6 Å². The number of rotatable bonds is 1. The summed E-state index contributed by atoms with van der Waals surface area (Å²) in [5.74, 6) is 0. The number of aryl methyl sites for hydroxylation is 1. The van der Waals surface area contributed by atoms with Gasteiger partial charge in [0, 0.05) is 0 Å². The lowest BCUT2D eigenvalue weighted by Gasteiger charge is -2.13. The van der Waals surface area contributed by atoms with Crippen LogP contribution in [0, 0.1) is 18.3 Å². The fourth-order valence-electron chi connectivity index (χ4n) is 1.37. The van der Waals surface area contributed by atoms with Crippen molar-refractivity contribution >= 4 is 0 Å². The fraction of sp³-hybridized carbons (Fsp3) is 0.300. The zero-order valence-electron chi connectivity index (χ0n) is 7.52. The molecule has 0 aliphatic carbocycles. The maximum atomic E-state index is 12.5. The third-order valence-electron chi connectivity index (χ3n) is 1.91. The Morgan fingerprint density at radius 3 is 2.50 bits per heavy atom. The molecule has 0 atom stereocenters. The third-order valence-corrected chi connectivity index (χ3v) is 1.91. The molecule has 74 valence electrons. The number of hydrogen-bond donors (Lipinski definition) is 0. The van der Waals surface area contributed by atoms with E-state index < -0.39 is 11.7 Å². The summed E-state index contributed by atoms with van der Waals surface area (Å²) in [6, 6.07) is 5.97. The highest BCUT2D eigenvalue weighted by molar-refractivity contribution is 5.38. The van der Waals surface area contributed by atoms with Gasteiger partial charge in [0.15, 0.2) is 0 Å². The minimum atomic E-state index is -4.38. The molecule has 1 nitrogen and oxygen atoms in total. The van der Waals surface area contributed by atoms with Crippen LogP contribution in [-0.4, -0.2) is 0 Å². The molecule has 0 saturated carbocycles. The summed E-state index contributed by atoms with van der Waals surface area (Å²) in [7, 11) is 0. The van der Waals surface area contributed by atoms with Crippen LogP contribution in [0.15, 0.2) is 18.2 Å². The molecular formula is C10H8F3N. The molecule has 0 radical (unpaired) electrons. The Morgan fingerprint density at radius 2 is 2.00 bits per heavy atom. The van der Waals surface area contributed by atoms with Gasteiger partial charge in [-0.2, -0.15) is 18.4 Å². The van der Waals surface area contributed by atoms with Gasteiger partial charge in [-0.1, -0.05) is 18.2 Å². The first-order valence-electron chi connectivity index (χ1n) is 3.99. The van der Waals surface area contributed by atoms with E-state index in [0.29, 0.717) is 0 Å². The lowest BCUT2D eigenvalue weighted by Crippen LogP contribution is -2.11. The van der Waals surface area contributed by atoms with E-state index in [2.05, 4.69) is 0 Å². The Labute approximate surface area is 79.8 Å². The minimum absolute atomic E-state index is 0.0417. The van der Waals surface area contributed by atoms with E-state index in [1.165, 1.54) is 25.1 Å². The summed E-state index contributed by atoms with van der Waals surface area (Å²) in [6.07, 6.45) is -4.59. The van der Waals surface area contributed by atoms with Crippen LogP contribution in [0.2, 0.25) is 0 Å². The fourth-order valence-corrected chi connectivity index (χ4v) is 1.37. The molecule has 0 N–H and O–H groups in total. The Hall–Kier alpha value is -1.50. The Morgan fingerprint density at radius 1 is 1.36 bits per heavy atom. The van der Waals surface area contributed by atoms with Gasteiger partial charge < -0.3 is 0 Å². The number of benzene rings is 1. The molecule has 4 heteroatoms. The van der Waals surface area contributed by atoms with Gasteiger partial charge in [0.1, 0.15) is 0 Å². The molecule has 0 amide bonds. The number of nitriles is 1. The molecule has 14 heavy (non-hydrogen) atoms. The van der Waals surface area contributed by atoms with Crippen molar-refractivity contribution in [3.63, 3.8) is 0 Å². The predicted molar refractivity (Wildman–Crippen MR) is 45.5 cm³/mol. The molecule has 0 unspecified atom stereocenters. The number of hydrogen-bond acceptors (Lipinski definition) is 1. The molecule has 1 rings (SSSR count). The molecule has 0 spiro atoms. The second-order valence-electron chi connectivity index (χ2n) is 2.94. The highest BCUT2D eigenvalue weighted by atomic mass is 19.4. The molecule has 0 saturated heterocycles. The van der Waals surface area contributed by atoms with Gasteiger partial charge >= 0.3 is 6.18 Å². The maximum Gasteiger partial charge on any atom is 0.416 e. The van der Waals surface area contributed by atoms with Crippen molar-refractivity contribution in [3.8, 4) is 6.07 Å². The number of nitrogens with zero attached hydrogens (tertiary/aromatic N) is 1. The van der Waals surface area contributed by atoms with Crippen molar-refractivity contribution in [2.75, 3.05) is 0 Å². The van der Waals surface area contributed by atoms with Gasteiger partial charge in [0.05, 0.1) is 18.1 Å². The van der Waals surface area contributed by atoms with Gasteiger partial charge in [0.2, 0.25) is 0 Å². The number of alkyl halides is 3. The molecular weight excluding hydrogens is 191 g/mol. The highest BCUT2D eigenvalue weighted by Crippen LogP contribution is 2.34. The van der Waals surface area contributed by atoms with Gasteiger partial charge in [-0.25, -0.2) is 0 Å². The van der Waals surface area contributed by atoms with Gasteiger partial charge in [-0.05, 0) is 18.1 Å². The Kier molecular flexibility index (Phi) is 2.80. The topological polar surface area (TPSA) is 23.8 Å². The molecule has 0 fully saturated rings. The SMILES string of the molecule is Cc1cccc(CC#N)c1C(F)(F)F. The quantitative estimate of drug-likeness (QED) is 0.681. The molecule has 0 bridgehead atoms. The second kappa shape index (κ2) is 3.70. The predicted octanol–water partition coefficient (Wildman–Crippen LogP) is 3.08. The van der Waals surface area contributed by atoms with Crippen LogP contribution >= 0.6 is 0 Å². The van der Waals surface area contributed by atoms with E-state index >= 15 is 0 Å². The van der Waals surface area contributed by atoms with Crippen molar-refractivity contribution in [2.45, 2.75) is 19.5 Å². The Bertz CT molecular complexity index is 374. The molecule has 1 aromatic carbocycles. The summed E-state index contributed by atoms with van der Waals surface area (Å²) >= 11 is 0. The van der Waals surface area contributed by atoms with Gasteiger partial charge in [-0.3, -0.25) is 0 Å². The first kappa shape index (κ1) is 10.6. The average Bonchev–Trinajstić information content (AvgIpc) is 2.02. The molecule has 0 heterocycles. The lowest BCUT2D eigenvalue weighted by molar-refractivity contribution is -0.138. The highest BCUT2D eigenvalue weighted by Gasteiger charge is 2.34. The van der Waals surface area contributed by atoms with Crippen LogP contribution in [0.4, 0.5) is 13.2 Å². The van der Waals surface area contributed by atoms with E-state index in [9.17, 15) is 13.2 Å². The molecule has 0 aliphatic rings. The van der Waals surface area contributed by atoms with Crippen molar-refractivity contribution in [1.82, 2.24) is 0 Å². The second-order valence-corrected chi connectivity index (χ2v) is 2.94. The van der Waals surface area contributed by atoms with Crippen LogP contribution in [0.3, 0.4) is 0 Å². The molecule has 1 aromatic rings. The molecule has 0 aromatic heterocycles. The smallest absolute Gasteiger partial charge is 0.198 e. The minimum Gasteiger partial charge on any atom is -0.198 e. The first-order chi connectivity index (χ1) is 6.46. The van der Waals surface area contributed by atoms with Crippen molar-refractivity contribution < 1.29 is 13.2 Å². The van der Waals surface area contributed by atoms with E-state index in [1.54, 1.807) is 6.07 Å². The largest absolute Gasteiger partial charge is 0.416 e. The normalized spacial score (nSPS) is 11.1. The van der Waals surface area contributed by atoms with E-state index in [0.717, 1.165) is 0 Å². The van der Waals surface area contributed by atoms with E-state index in [1.807, 2.05) is 0 Å². The van der Waals surface area contributed by atoms with Crippen molar-refractivity contribution in [2.24, 2.45) is 0 Å². The summed E-state index contributed by atoms with van der Waals surface area (Å²) < 4.78 is 37.6. The van der Waals surface area contributed by atoms with Crippen molar-refractivity contribution in [1.29, 1.82) is 5.26 Å². The first-order valence-corrected chi connectivity index (χ1v) is 3.99. The summed E-state index contributed by atoms with van der Waals surface area (Å²) in [5, 5.41) is 8.38. The zero-order valence-corrected chi connectivity index (χ0v) is 7.52. The van der Waals surface area contributed by atoms with E-state index in [-0.39, 0.29) is 17.5 Å². The third kappa shape index (κ3) is 2.05. The maximum absolute atomic E-state index is 12.5. The lowest BCUT2D eigenvalue weighted by atomic mass is 10.00.